The number of methoxy groups -OCH3 is 1. The van der Waals surface area contributed by atoms with Gasteiger partial charge in [0.25, 0.3) is 5.56 Å². The highest BCUT2D eigenvalue weighted by Gasteiger charge is 2.30. The molecule has 1 saturated heterocycles. The van der Waals surface area contributed by atoms with Crippen LogP contribution in [0.2, 0.25) is 0 Å². The first-order valence-electron chi connectivity index (χ1n) is 7.93. The minimum atomic E-state index is -0.0227. The van der Waals surface area contributed by atoms with Gasteiger partial charge in [0.2, 0.25) is 11.8 Å². The van der Waals surface area contributed by atoms with Crippen LogP contribution < -0.4 is 15.2 Å². The van der Waals surface area contributed by atoms with Gasteiger partial charge in [-0.2, -0.15) is 10.1 Å². The lowest BCUT2D eigenvalue weighted by Crippen LogP contribution is -2.50. The van der Waals surface area contributed by atoms with Crippen LogP contribution in [0.4, 0.5) is 5.95 Å². The van der Waals surface area contributed by atoms with Crippen molar-refractivity contribution in [2.75, 3.05) is 25.1 Å². The zero-order chi connectivity index (χ0) is 15.8. The second-order valence-corrected chi connectivity index (χ2v) is 6.22. The molecule has 2 aliphatic rings. The monoisotopic (exact) mass is 313 g/mol. The topological polar surface area (TPSA) is 73.1 Å². The van der Waals surface area contributed by atoms with E-state index in [4.69, 9.17) is 4.74 Å². The first-order chi connectivity index (χ1) is 11.2. The number of ether oxygens (including phenoxy) is 1. The quantitative estimate of drug-likeness (QED) is 0.822. The Bertz CT molecular complexity index is 765. The van der Waals surface area contributed by atoms with Crippen LogP contribution in [0.3, 0.4) is 0 Å². The van der Waals surface area contributed by atoms with Crippen LogP contribution in [-0.2, 0) is 6.54 Å². The maximum absolute atomic E-state index is 12.0. The van der Waals surface area contributed by atoms with Gasteiger partial charge in [0.1, 0.15) is 0 Å². The molecule has 1 aliphatic carbocycles. The van der Waals surface area contributed by atoms with Gasteiger partial charge in [0.15, 0.2) is 0 Å². The molecule has 7 heteroatoms. The van der Waals surface area contributed by atoms with Gasteiger partial charge in [-0.05, 0) is 18.9 Å². The predicted octanol–water partition coefficient (Wildman–Crippen LogP) is 1.06. The molecule has 0 aromatic carbocycles. The summed E-state index contributed by atoms with van der Waals surface area (Å²) in [5.74, 6) is 2.19. The van der Waals surface area contributed by atoms with E-state index < -0.39 is 0 Å². The van der Waals surface area contributed by atoms with Crippen LogP contribution in [0.15, 0.2) is 29.2 Å². The van der Waals surface area contributed by atoms with Crippen molar-refractivity contribution >= 4 is 5.95 Å². The summed E-state index contributed by atoms with van der Waals surface area (Å²) in [5.41, 5.74) is 1.03. The third-order valence-corrected chi connectivity index (χ3v) is 4.38. The Kier molecular flexibility index (Phi) is 3.48. The van der Waals surface area contributed by atoms with E-state index in [0.29, 0.717) is 30.2 Å². The van der Waals surface area contributed by atoms with Crippen molar-refractivity contribution in [1.82, 2.24) is 19.7 Å². The van der Waals surface area contributed by atoms with E-state index in [9.17, 15) is 4.79 Å². The highest BCUT2D eigenvalue weighted by atomic mass is 16.5. The number of hydrogen-bond donors (Lipinski definition) is 0. The molecule has 3 heterocycles. The molecule has 2 fully saturated rings. The van der Waals surface area contributed by atoms with Gasteiger partial charge < -0.3 is 9.64 Å². The zero-order valence-corrected chi connectivity index (χ0v) is 13.1. The number of nitrogens with zero attached hydrogens (tertiary/aromatic N) is 5. The molecular formula is C16H19N5O2. The second-order valence-electron chi connectivity index (χ2n) is 6.22. The molecule has 0 radical (unpaired) electrons. The minimum Gasteiger partial charge on any atom is -0.481 e. The molecule has 2 aromatic heterocycles. The fraction of sp³-hybridized carbons (Fsp3) is 0.500. The highest BCUT2D eigenvalue weighted by Crippen LogP contribution is 2.38. The minimum absolute atomic E-state index is 0.0227. The SMILES string of the molecule is COc1ccnc(N2CC(Cn3nc(C4CC4)ccc3=O)C2)n1. The molecule has 4 rings (SSSR count). The van der Waals surface area contributed by atoms with Crippen molar-refractivity contribution in [2.24, 2.45) is 5.92 Å². The van der Waals surface area contributed by atoms with E-state index in [1.807, 2.05) is 6.07 Å². The van der Waals surface area contributed by atoms with Gasteiger partial charge in [-0.15, -0.1) is 0 Å². The van der Waals surface area contributed by atoms with E-state index in [1.165, 1.54) is 12.8 Å². The summed E-state index contributed by atoms with van der Waals surface area (Å²) in [6.45, 7) is 2.31. The van der Waals surface area contributed by atoms with Gasteiger partial charge in [-0.25, -0.2) is 9.67 Å². The standard InChI is InChI=1S/C16H19N5O2/c1-23-14-6-7-17-16(18-14)20-8-11(9-20)10-21-15(22)5-4-13(19-21)12-2-3-12/h4-7,11-12H,2-3,8-10H2,1H3. The summed E-state index contributed by atoms with van der Waals surface area (Å²) in [6.07, 6.45) is 4.07. The number of rotatable bonds is 5. The van der Waals surface area contributed by atoms with E-state index in [0.717, 1.165) is 18.8 Å². The van der Waals surface area contributed by atoms with Crippen LogP contribution in [0.5, 0.6) is 5.88 Å². The second kappa shape index (κ2) is 5.64. The van der Waals surface area contributed by atoms with Gasteiger partial charge in [0, 0.05) is 43.3 Å². The maximum Gasteiger partial charge on any atom is 0.266 e. The molecule has 0 unspecified atom stereocenters. The fourth-order valence-electron chi connectivity index (χ4n) is 2.88. The normalized spacial score (nSPS) is 17.9. The van der Waals surface area contributed by atoms with Crippen LogP contribution >= 0.6 is 0 Å². The lowest BCUT2D eigenvalue weighted by atomic mass is 10.0. The summed E-state index contributed by atoms with van der Waals surface area (Å²) in [4.78, 5) is 22.6. The Morgan fingerprint density at radius 3 is 2.83 bits per heavy atom. The third kappa shape index (κ3) is 2.91. The van der Waals surface area contributed by atoms with Crippen molar-refractivity contribution in [2.45, 2.75) is 25.3 Å². The molecule has 7 nitrogen and oxygen atoms in total. The van der Waals surface area contributed by atoms with Gasteiger partial charge in [0.05, 0.1) is 19.3 Å². The largest absolute Gasteiger partial charge is 0.481 e. The molecule has 0 spiro atoms. The predicted molar refractivity (Wildman–Crippen MR) is 84.8 cm³/mol. The molecule has 0 amide bonds. The first kappa shape index (κ1) is 14.2. The summed E-state index contributed by atoms with van der Waals surface area (Å²) in [5, 5.41) is 4.52. The lowest BCUT2D eigenvalue weighted by Gasteiger charge is -2.39. The van der Waals surface area contributed by atoms with Crippen molar-refractivity contribution in [3.8, 4) is 5.88 Å². The number of hydrogen-bond acceptors (Lipinski definition) is 6. The van der Waals surface area contributed by atoms with E-state index in [-0.39, 0.29) is 5.56 Å². The third-order valence-electron chi connectivity index (χ3n) is 4.38. The molecule has 0 N–H and O–H groups in total. The Morgan fingerprint density at radius 2 is 2.09 bits per heavy atom. The summed E-state index contributed by atoms with van der Waals surface area (Å²) >= 11 is 0. The van der Waals surface area contributed by atoms with Gasteiger partial charge in [-0.1, -0.05) is 0 Å². The summed E-state index contributed by atoms with van der Waals surface area (Å²) < 4.78 is 6.73. The van der Waals surface area contributed by atoms with Crippen LogP contribution in [-0.4, -0.2) is 39.9 Å². The van der Waals surface area contributed by atoms with E-state index >= 15 is 0 Å². The first-order valence-corrected chi connectivity index (χ1v) is 7.93. The molecule has 0 atom stereocenters. The Morgan fingerprint density at radius 1 is 1.26 bits per heavy atom. The van der Waals surface area contributed by atoms with Crippen LogP contribution in [0.1, 0.15) is 24.5 Å². The fourth-order valence-corrected chi connectivity index (χ4v) is 2.88. The molecule has 23 heavy (non-hydrogen) atoms. The van der Waals surface area contributed by atoms with Crippen LogP contribution in [0, 0.1) is 5.92 Å². The van der Waals surface area contributed by atoms with Crippen molar-refractivity contribution < 1.29 is 4.74 Å². The highest BCUT2D eigenvalue weighted by molar-refractivity contribution is 5.35. The molecule has 0 bridgehead atoms. The van der Waals surface area contributed by atoms with E-state index in [2.05, 4.69) is 20.0 Å². The Hall–Kier alpha value is -2.44. The number of anilines is 1. The Balaban J connectivity index is 1.40. The summed E-state index contributed by atoms with van der Waals surface area (Å²) in [7, 11) is 1.59. The van der Waals surface area contributed by atoms with Crippen molar-refractivity contribution in [3.05, 3.63) is 40.4 Å². The maximum atomic E-state index is 12.0. The van der Waals surface area contributed by atoms with Crippen molar-refractivity contribution in [3.63, 3.8) is 0 Å². The zero-order valence-electron chi connectivity index (χ0n) is 13.1. The molecule has 1 aliphatic heterocycles. The number of aromatic nitrogens is 4. The molecular weight excluding hydrogens is 294 g/mol. The van der Waals surface area contributed by atoms with Crippen molar-refractivity contribution in [1.29, 1.82) is 0 Å². The molecule has 120 valence electrons. The van der Waals surface area contributed by atoms with Gasteiger partial charge in [-0.3, -0.25) is 4.79 Å². The van der Waals surface area contributed by atoms with Crippen LogP contribution in [0.25, 0.3) is 0 Å². The lowest BCUT2D eigenvalue weighted by molar-refractivity contribution is 0.327. The average Bonchev–Trinajstić information content (AvgIpc) is 3.37. The Labute approximate surface area is 133 Å². The van der Waals surface area contributed by atoms with E-state index in [1.54, 1.807) is 30.1 Å². The molecule has 1 saturated carbocycles. The van der Waals surface area contributed by atoms with Gasteiger partial charge >= 0.3 is 0 Å². The summed E-state index contributed by atoms with van der Waals surface area (Å²) in [6, 6.07) is 5.24. The average molecular weight is 313 g/mol. The smallest absolute Gasteiger partial charge is 0.266 e. The molecule has 2 aromatic rings.